The number of carbonyl (C=O) groups is 1. The molecule has 0 fully saturated rings. The number of amidine groups is 1. The SMILES string of the molecule is CCOc1cc(/C=C2/SC(N)=NC2=O)ccc1OCc1ccccc1C#N. The van der Waals surface area contributed by atoms with Crippen LogP contribution < -0.4 is 15.2 Å². The third kappa shape index (κ3) is 4.49. The third-order valence-electron chi connectivity index (χ3n) is 3.72. The Kier molecular flexibility index (Phi) is 5.79. The summed E-state index contributed by atoms with van der Waals surface area (Å²) in [6.07, 6.45) is 1.72. The predicted octanol–water partition coefficient (Wildman–Crippen LogP) is 3.46. The number of hydrogen-bond donors (Lipinski definition) is 1. The van der Waals surface area contributed by atoms with Gasteiger partial charge in [0.1, 0.15) is 6.61 Å². The summed E-state index contributed by atoms with van der Waals surface area (Å²) in [4.78, 5) is 15.9. The lowest BCUT2D eigenvalue weighted by Gasteiger charge is -2.13. The van der Waals surface area contributed by atoms with Gasteiger partial charge < -0.3 is 15.2 Å². The largest absolute Gasteiger partial charge is 0.490 e. The summed E-state index contributed by atoms with van der Waals surface area (Å²) in [7, 11) is 0. The van der Waals surface area contributed by atoms with Gasteiger partial charge in [-0.1, -0.05) is 24.3 Å². The van der Waals surface area contributed by atoms with Crippen molar-refractivity contribution < 1.29 is 14.3 Å². The molecule has 27 heavy (non-hydrogen) atoms. The standard InChI is InChI=1S/C20H17N3O3S/c1-2-25-17-9-13(10-18-19(24)23-20(22)27-18)7-8-16(17)26-12-15-6-4-3-5-14(15)11-21/h3-10H,2,12H2,1H3,(H2,22,23,24)/b18-10+. The Labute approximate surface area is 161 Å². The van der Waals surface area contributed by atoms with Gasteiger partial charge >= 0.3 is 0 Å². The molecule has 136 valence electrons. The normalized spacial score (nSPS) is 14.7. The monoisotopic (exact) mass is 379 g/mol. The second kappa shape index (κ2) is 8.43. The molecule has 0 bridgehead atoms. The van der Waals surface area contributed by atoms with E-state index in [1.165, 1.54) is 0 Å². The number of nitriles is 1. The van der Waals surface area contributed by atoms with E-state index in [0.29, 0.717) is 28.6 Å². The van der Waals surface area contributed by atoms with Gasteiger partial charge in [-0.25, -0.2) is 0 Å². The first kappa shape index (κ1) is 18.5. The summed E-state index contributed by atoms with van der Waals surface area (Å²) in [5, 5.41) is 9.43. The van der Waals surface area contributed by atoms with Crippen molar-refractivity contribution in [2.75, 3.05) is 6.61 Å². The average molecular weight is 379 g/mol. The van der Waals surface area contributed by atoms with Gasteiger partial charge in [-0.05, 0) is 48.5 Å². The molecule has 1 aliphatic heterocycles. The number of hydrogen-bond acceptors (Lipinski definition) is 6. The molecule has 2 aromatic rings. The third-order valence-corrected chi connectivity index (χ3v) is 4.54. The van der Waals surface area contributed by atoms with Crippen LogP contribution in [0.3, 0.4) is 0 Å². The number of thioether (sulfide) groups is 1. The number of aliphatic imine (C=N–C) groups is 1. The fourth-order valence-corrected chi connectivity index (χ4v) is 3.17. The van der Waals surface area contributed by atoms with Crippen LogP contribution in [0.15, 0.2) is 52.4 Å². The second-order valence-electron chi connectivity index (χ2n) is 5.56. The van der Waals surface area contributed by atoms with E-state index < -0.39 is 0 Å². The van der Waals surface area contributed by atoms with Crippen molar-refractivity contribution in [2.45, 2.75) is 13.5 Å². The van der Waals surface area contributed by atoms with Gasteiger partial charge in [0.2, 0.25) is 0 Å². The molecule has 0 aromatic heterocycles. The van der Waals surface area contributed by atoms with E-state index in [9.17, 15) is 10.1 Å². The molecule has 0 atom stereocenters. The molecule has 0 spiro atoms. The van der Waals surface area contributed by atoms with Gasteiger partial charge in [-0.2, -0.15) is 10.3 Å². The zero-order valence-corrected chi connectivity index (χ0v) is 15.5. The van der Waals surface area contributed by atoms with E-state index in [1.54, 1.807) is 24.3 Å². The fourth-order valence-electron chi connectivity index (χ4n) is 2.49. The van der Waals surface area contributed by atoms with Crippen molar-refractivity contribution in [1.29, 1.82) is 5.26 Å². The minimum absolute atomic E-state index is 0.243. The Morgan fingerprint density at radius 2 is 2.04 bits per heavy atom. The van der Waals surface area contributed by atoms with E-state index in [0.717, 1.165) is 22.9 Å². The van der Waals surface area contributed by atoms with Crippen LogP contribution in [0, 0.1) is 11.3 Å². The Morgan fingerprint density at radius 3 is 2.74 bits per heavy atom. The molecule has 2 aromatic carbocycles. The number of nitrogens with two attached hydrogens (primary N) is 1. The first-order valence-electron chi connectivity index (χ1n) is 8.26. The lowest BCUT2D eigenvalue weighted by Crippen LogP contribution is -2.01. The first-order valence-corrected chi connectivity index (χ1v) is 9.08. The van der Waals surface area contributed by atoms with E-state index >= 15 is 0 Å². The quantitative estimate of drug-likeness (QED) is 0.772. The Balaban J connectivity index is 1.81. The summed E-state index contributed by atoms with van der Waals surface area (Å²) in [5.74, 6) is 0.780. The van der Waals surface area contributed by atoms with Gasteiger partial charge in [0.15, 0.2) is 16.7 Å². The lowest BCUT2D eigenvalue weighted by atomic mass is 10.1. The highest BCUT2D eigenvalue weighted by atomic mass is 32.2. The summed E-state index contributed by atoms with van der Waals surface area (Å²) in [5.41, 5.74) is 7.73. The van der Waals surface area contributed by atoms with Crippen LogP contribution in [-0.4, -0.2) is 17.7 Å². The minimum atomic E-state index is -0.344. The van der Waals surface area contributed by atoms with Crippen molar-refractivity contribution in [1.82, 2.24) is 0 Å². The van der Waals surface area contributed by atoms with E-state index in [4.69, 9.17) is 15.2 Å². The molecule has 0 aliphatic carbocycles. The second-order valence-corrected chi connectivity index (χ2v) is 6.62. The van der Waals surface area contributed by atoms with Gasteiger partial charge in [0, 0.05) is 5.56 Å². The molecule has 1 aliphatic rings. The molecule has 2 N–H and O–H groups in total. The van der Waals surface area contributed by atoms with Crippen molar-refractivity contribution in [3.05, 3.63) is 64.1 Å². The highest BCUT2D eigenvalue weighted by Gasteiger charge is 2.19. The first-order chi connectivity index (χ1) is 13.1. The Bertz CT molecular complexity index is 977. The molecular formula is C20H17N3O3S. The smallest absolute Gasteiger partial charge is 0.286 e. The number of ether oxygens (including phenoxy) is 2. The van der Waals surface area contributed by atoms with Crippen LogP contribution in [0.4, 0.5) is 0 Å². The number of nitrogens with zero attached hydrogens (tertiary/aromatic N) is 2. The molecule has 1 amide bonds. The van der Waals surface area contributed by atoms with Crippen LogP contribution in [-0.2, 0) is 11.4 Å². The number of carbonyl (C=O) groups excluding carboxylic acids is 1. The topological polar surface area (TPSA) is 97.7 Å². The van der Waals surface area contributed by atoms with Gasteiger partial charge in [-0.3, -0.25) is 4.79 Å². The Morgan fingerprint density at radius 1 is 1.22 bits per heavy atom. The van der Waals surface area contributed by atoms with Crippen molar-refractivity contribution in [3.8, 4) is 17.6 Å². The van der Waals surface area contributed by atoms with E-state index in [1.807, 2.05) is 31.2 Å². The highest BCUT2D eigenvalue weighted by molar-refractivity contribution is 8.18. The molecule has 0 unspecified atom stereocenters. The fraction of sp³-hybridized carbons (Fsp3) is 0.150. The summed E-state index contributed by atoms with van der Waals surface area (Å²) in [6, 6.07) is 14.8. The molecule has 0 saturated heterocycles. The van der Waals surface area contributed by atoms with Gasteiger partial charge in [0.25, 0.3) is 5.91 Å². The average Bonchev–Trinajstić information content (AvgIpc) is 2.98. The van der Waals surface area contributed by atoms with Crippen LogP contribution in [0.2, 0.25) is 0 Å². The molecule has 1 heterocycles. The Hall–Kier alpha value is -3.24. The summed E-state index contributed by atoms with van der Waals surface area (Å²) in [6.45, 7) is 2.60. The van der Waals surface area contributed by atoms with Crippen LogP contribution >= 0.6 is 11.8 Å². The van der Waals surface area contributed by atoms with E-state index in [-0.39, 0.29) is 17.7 Å². The van der Waals surface area contributed by atoms with Gasteiger partial charge in [0.05, 0.1) is 23.1 Å². The minimum Gasteiger partial charge on any atom is -0.490 e. The zero-order chi connectivity index (χ0) is 19.2. The summed E-state index contributed by atoms with van der Waals surface area (Å²) < 4.78 is 11.5. The number of amides is 1. The maximum atomic E-state index is 11.7. The summed E-state index contributed by atoms with van der Waals surface area (Å²) >= 11 is 1.14. The number of rotatable bonds is 6. The van der Waals surface area contributed by atoms with Gasteiger partial charge in [-0.15, -0.1) is 0 Å². The van der Waals surface area contributed by atoms with Crippen molar-refractivity contribution in [3.63, 3.8) is 0 Å². The molecule has 7 heteroatoms. The van der Waals surface area contributed by atoms with Crippen molar-refractivity contribution >= 4 is 28.9 Å². The molecule has 6 nitrogen and oxygen atoms in total. The van der Waals surface area contributed by atoms with Crippen LogP contribution in [0.1, 0.15) is 23.6 Å². The number of benzene rings is 2. The van der Waals surface area contributed by atoms with E-state index in [2.05, 4.69) is 11.1 Å². The molecule has 3 rings (SSSR count). The molecule has 0 radical (unpaired) electrons. The van der Waals surface area contributed by atoms with Crippen LogP contribution in [0.25, 0.3) is 6.08 Å². The molecule has 0 saturated carbocycles. The maximum Gasteiger partial charge on any atom is 0.286 e. The van der Waals surface area contributed by atoms with Crippen LogP contribution in [0.5, 0.6) is 11.5 Å². The predicted molar refractivity (Wildman–Crippen MR) is 105 cm³/mol. The van der Waals surface area contributed by atoms with Crippen molar-refractivity contribution in [2.24, 2.45) is 10.7 Å². The molecular weight excluding hydrogens is 362 g/mol. The zero-order valence-electron chi connectivity index (χ0n) is 14.6. The maximum absolute atomic E-state index is 11.7. The lowest BCUT2D eigenvalue weighted by molar-refractivity contribution is -0.113. The highest BCUT2D eigenvalue weighted by Crippen LogP contribution is 2.32.